The van der Waals surface area contributed by atoms with Crippen molar-refractivity contribution >= 4 is 22.6 Å². The number of piperidine rings is 1. The van der Waals surface area contributed by atoms with E-state index in [0.29, 0.717) is 19.0 Å². The van der Waals surface area contributed by atoms with Gasteiger partial charge in [0.05, 0.1) is 0 Å². The van der Waals surface area contributed by atoms with Crippen LogP contribution < -0.4 is 10.5 Å². The van der Waals surface area contributed by atoms with Crippen molar-refractivity contribution in [2.45, 2.75) is 64.0 Å². The summed E-state index contributed by atoms with van der Waals surface area (Å²) in [6.07, 6.45) is 7.30. The number of hydrogen-bond donors (Lipinski definition) is 2. The van der Waals surface area contributed by atoms with Crippen molar-refractivity contribution in [3.05, 3.63) is 0 Å². The molecular weight excluding hydrogens is 298 g/mol. The Labute approximate surface area is 129 Å². The smallest absolute Gasteiger partial charge is 0.279 e. The Morgan fingerprint density at radius 1 is 1.20 bits per heavy atom. The number of nitrogens with two attached hydrogens (primary N) is 1. The van der Waals surface area contributed by atoms with Crippen LogP contribution in [-0.2, 0) is 10.2 Å². The minimum absolute atomic E-state index is 0. The van der Waals surface area contributed by atoms with Gasteiger partial charge in [-0.1, -0.05) is 12.8 Å². The molecule has 0 spiro atoms. The quantitative estimate of drug-likeness (QED) is 0.825. The molecule has 20 heavy (non-hydrogen) atoms. The second-order valence-corrected chi connectivity index (χ2v) is 7.81. The first-order valence-electron chi connectivity index (χ1n) is 7.51. The highest BCUT2D eigenvalue weighted by molar-refractivity contribution is 7.87. The van der Waals surface area contributed by atoms with Gasteiger partial charge in [-0.15, -0.1) is 12.4 Å². The zero-order chi connectivity index (χ0) is 13.9. The topological polar surface area (TPSA) is 75.4 Å². The molecule has 3 unspecified atom stereocenters. The molecule has 1 aliphatic heterocycles. The van der Waals surface area contributed by atoms with Crippen molar-refractivity contribution in [1.82, 2.24) is 9.03 Å². The Kier molecular flexibility index (Phi) is 7.21. The molecule has 0 aromatic carbocycles. The van der Waals surface area contributed by atoms with Gasteiger partial charge in [0.2, 0.25) is 0 Å². The van der Waals surface area contributed by atoms with Crippen molar-refractivity contribution < 1.29 is 8.42 Å². The Balaban J connectivity index is 0.00000200. The van der Waals surface area contributed by atoms with Crippen molar-refractivity contribution in [3.63, 3.8) is 0 Å². The normalized spacial score (nSPS) is 32.6. The van der Waals surface area contributed by atoms with Crippen LogP contribution in [0.5, 0.6) is 0 Å². The van der Waals surface area contributed by atoms with E-state index < -0.39 is 10.2 Å². The second kappa shape index (κ2) is 7.94. The van der Waals surface area contributed by atoms with Crippen LogP contribution in [0.15, 0.2) is 0 Å². The second-order valence-electron chi connectivity index (χ2n) is 6.10. The lowest BCUT2D eigenvalue weighted by Crippen LogP contribution is -2.49. The molecule has 0 aromatic heterocycles. The lowest BCUT2D eigenvalue weighted by Gasteiger charge is -2.33. The van der Waals surface area contributed by atoms with Crippen LogP contribution in [0.25, 0.3) is 0 Å². The third-order valence-electron chi connectivity index (χ3n) is 4.43. The van der Waals surface area contributed by atoms with Crippen molar-refractivity contribution in [2.75, 3.05) is 13.1 Å². The minimum atomic E-state index is -3.31. The van der Waals surface area contributed by atoms with E-state index in [1.165, 1.54) is 0 Å². The summed E-state index contributed by atoms with van der Waals surface area (Å²) < 4.78 is 29.0. The molecule has 2 fully saturated rings. The molecule has 3 atom stereocenters. The highest BCUT2D eigenvalue weighted by Gasteiger charge is 2.30. The lowest BCUT2D eigenvalue weighted by atomic mass is 9.86. The maximum atomic E-state index is 12.3. The van der Waals surface area contributed by atoms with Crippen molar-refractivity contribution in [1.29, 1.82) is 0 Å². The van der Waals surface area contributed by atoms with Crippen LogP contribution >= 0.6 is 12.4 Å². The fraction of sp³-hybridized carbons (Fsp3) is 1.00. The molecule has 7 heteroatoms. The summed E-state index contributed by atoms with van der Waals surface area (Å²) in [4.78, 5) is 0. The lowest BCUT2D eigenvalue weighted by molar-refractivity contribution is 0.261. The molecule has 5 nitrogen and oxygen atoms in total. The molecule has 1 aliphatic carbocycles. The molecule has 1 heterocycles. The van der Waals surface area contributed by atoms with E-state index in [-0.39, 0.29) is 24.5 Å². The average Bonchev–Trinajstić information content (AvgIpc) is 2.37. The molecule has 1 saturated carbocycles. The predicted molar refractivity (Wildman–Crippen MR) is 84.1 cm³/mol. The number of rotatable bonds is 4. The average molecular weight is 326 g/mol. The van der Waals surface area contributed by atoms with Gasteiger partial charge in [0.15, 0.2) is 0 Å². The van der Waals surface area contributed by atoms with Crippen LogP contribution in [-0.4, -0.2) is 37.9 Å². The van der Waals surface area contributed by atoms with Crippen LogP contribution in [0, 0.1) is 5.92 Å². The number of nitrogens with one attached hydrogen (secondary N) is 1. The summed E-state index contributed by atoms with van der Waals surface area (Å²) in [5.41, 5.74) is 5.94. The van der Waals surface area contributed by atoms with Crippen LogP contribution in [0.1, 0.15) is 51.9 Å². The maximum Gasteiger partial charge on any atom is 0.279 e. The maximum absolute atomic E-state index is 12.3. The SMILES string of the molecule is CC1CCCCN1S(=O)(=O)NCC1CCCC(N)C1.Cl. The number of nitrogens with zero attached hydrogens (tertiary/aromatic N) is 1. The first kappa shape index (κ1) is 18.2. The number of halogens is 1. The van der Waals surface area contributed by atoms with Crippen LogP contribution in [0.2, 0.25) is 0 Å². The molecule has 0 bridgehead atoms. The number of hydrogen-bond acceptors (Lipinski definition) is 3. The third-order valence-corrected chi connectivity index (χ3v) is 6.12. The summed E-state index contributed by atoms with van der Waals surface area (Å²) in [6, 6.07) is 0.372. The van der Waals surface area contributed by atoms with Gasteiger partial charge >= 0.3 is 0 Å². The molecule has 120 valence electrons. The highest BCUT2D eigenvalue weighted by atomic mass is 35.5. The summed E-state index contributed by atoms with van der Waals surface area (Å²) in [5, 5.41) is 0. The molecule has 1 saturated heterocycles. The Bertz CT molecular complexity index is 391. The zero-order valence-electron chi connectivity index (χ0n) is 12.3. The largest absolute Gasteiger partial charge is 0.328 e. The molecule has 0 aromatic rings. The van der Waals surface area contributed by atoms with E-state index in [9.17, 15) is 8.42 Å². The Morgan fingerprint density at radius 3 is 2.60 bits per heavy atom. The van der Waals surface area contributed by atoms with Gasteiger partial charge in [0, 0.05) is 25.2 Å². The van der Waals surface area contributed by atoms with E-state index in [1.54, 1.807) is 4.31 Å². The predicted octanol–water partition coefficient (Wildman–Crippen LogP) is 1.63. The zero-order valence-corrected chi connectivity index (χ0v) is 13.9. The van der Waals surface area contributed by atoms with Crippen molar-refractivity contribution in [3.8, 4) is 0 Å². The van der Waals surface area contributed by atoms with Gasteiger partial charge in [-0.3, -0.25) is 0 Å². The van der Waals surface area contributed by atoms with E-state index >= 15 is 0 Å². The van der Waals surface area contributed by atoms with Gasteiger partial charge in [-0.2, -0.15) is 12.7 Å². The van der Waals surface area contributed by atoms with Gasteiger partial charge in [0.25, 0.3) is 10.2 Å². The van der Waals surface area contributed by atoms with Gasteiger partial charge in [0.1, 0.15) is 0 Å². The van der Waals surface area contributed by atoms with E-state index in [4.69, 9.17) is 5.73 Å². The molecule has 2 rings (SSSR count). The van der Waals surface area contributed by atoms with Crippen LogP contribution in [0.4, 0.5) is 0 Å². The van der Waals surface area contributed by atoms with Gasteiger partial charge < -0.3 is 5.73 Å². The highest BCUT2D eigenvalue weighted by Crippen LogP contribution is 2.23. The van der Waals surface area contributed by atoms with Crippen LogP contribution in [0.3, 0.4) is 0 Å². The standard InChI is InChI=1S/C13H27N3O2S.ClH/c1-11-5-2-3-8-16(11)19(17,18)15-10-12-6-4-7-13(14)9-12;/h11-13,15H,2-10,14H2,1H3;1H. The van der Waals surface area contributed by atoms with E-state index in [2.05, 4.69) is 4.72 Å². The van der Waals surface area contributed by atoms with E-state index in [0.717, 1.165) is 44.9 Å². The molecule has 0 radical (unpaired) electrons. The first-order chi connectivity index (χ1) is 8.99. The fourth-order valence-corrected chi connectivity index (χ4v) is 4.81. The van der Waals surface area contributed by atoms with Gasteiger partial charge in [-0.05, 0) is 44.9 Å². The summed E-state index contributed by atoms with van der Waals surface area (Å²) in [5.74, 6) is 0.402. The van der Waals surface area contributed by atoms with Gasteiger partial charge in [-0.25, -0.2) is 4.72 Å². The molecule has 0 amide bonds. The summed E-state index contributed by atoms with van der Waals surface area (Å²) >= 11 is 0. The fourth-order valence-electron chi connectivity index (χ4n) is 3.25. The molecule has 3 N–H and O–H groups in total. The first-order valence-corrected chi connectivity index (χ1v) is 8.95. The van der Waals surface area contributed by atoms with E-state index in [1.807, 2.05) is 6.92 Å². The minimum Gasteiger partial charge on any atom is -0.328 e. The molecule has 2 aliphatic rings. The summed E-state index contributed by atoms with van der Waals surface area (Å²) in [7, 11) is -3.31. The summed E-state index contributed by atoms with van der Waals surface area (Å²) in [6.45, 7) is 3.19. The van der Waals surface area contributed by atoms with Crippen molar-refractivity contribution in [2.24, 2.45) is 11.7 Å². The Hall–Kier alpha value is 0.120. The third kappa shape index (κ3) is 4.84. The Morgan fingerprint density at radius 2 is 1.95 bits per heavy atom. The molecular formula is C13H28ClN3O2S. The monoisotopic (exact) mass is 325 g/mol.